The van der Waals surface area contributed by atoms with Crippen LogP contribution < -0.4 is 0 Å². The van der Waals surface area contributed by atoms with Crippen LogP contribution in [0.3, 0.4) is 0 Å². The lowest BCUT2D eigenvalue weighted by atomic mass is 9.51. The van der Waals surface area contributed by atoms with Crippen LogP contribution in [0.2, 0.25) is 0 Å². The maximum Gasteiger partial charge on any atom is 0.247 e. The average molecular weight is 426 g/mol. The summed E-state index contributed by atoms with van der Waals surface area (Å²) in [4.78, 5) is 31.2. The Morgan fingerprint density at radius 3 is 2.62 bits per heavy atom. The number of ketones is 1. The first-order valence-electron chi connectivity index (χ1n) is 11.2. The third-order valence-corrected chi connectivity index (χ3v) is 7.55. The third-order valence-electron chi connectivity index (χ3n) is 7.55. The number of amides is 1. The number of hydrogen-bond acceptors (Lipinski definition) is 3. The summed E-state index contributed by atoms with van der Waals surface area (Å²) in [6.07, 6.45) is 7.53. The number of Topliss-reactive ketones (excluding diaryl/α,β-unsaturated/α-hetero) is 1. The average Bonchev–Trinajstić information content (AvgIpc) is 2.83. The van der Waals surface area contributed by atoms with Crippen LogP contribution in [-0.4, -0.2) is 17.3 Å². The van der Waals surface area contributed by atoms with Gasteiger partial charge in [0, 0.05) is 11.8 Å². The lowest BCUT2D eigenvalue weighted by Crippen LogP contribution is -2.55. The van der Waals surface area contributed by atoms with Gasteiger partial charge in [-0.1, -0.05) is 69.3 Å². The van der Waals surface area contributed by atoms with Crippen molar-refractivity contribution in [1.29, 1.82) is 0 Å². The van der Waals surface area contributed by atoms with Crippen LogP contribution >= 0.6 is 0 Å². The lowest BCUT2D eigenvalue weighted by molar-refractivity contribution is -0.154. The van der Waals surface area contributed by atoms with E-state index in [1.54, 1.807) is 6.08 Å². The van der Waals surface area contributed by atoms with Gasteiger partial charge in [0.1, 0.15) is 12.0 Å². The highest BCUT2D eigenvalue weighted by Crippen LogP contribution is 2.57. The summed E-state index contributed by atoms with van der Waals surface area (Å²) in [6.45, 7) is 6.20. The fraction of sp³-hybridized carbons (Fsp3) is 0.286. The van der Waals surface area contributed by atoms with Gasteiger partial charge in [-0.05, 0) is 57.7 Å². The molecule has 1 aliphatic carbocycles. The zero-order valence-corrected chi connectivity index (χ0v) is 18.7. The van der Waals surface area contributed by atoms with Gasteiger partial charge in [-0.25, -0.2) is 0 Å². The molecule has 0 saturated heterocycles. The first-order valence-corrected chi connectivity index (χ1v) is 11.2. The number of carbonyl (C=O) groups excluding carboxylic acids is 2. The van der Waals surface area contributed by atoms with Gasteiger partial charge in [0.2, 0.25) is 6.41 Å². The molecule has 162 valence electrons. The molecule has 1 amide bonds. The van der Waals surface area contributed by atoms with Gasteiger partial charge in [-0.2, -0.15) is 0 Å². The standard InChI is InChI=1S/C28H27NO3/c1-4-25(31)28(24-10-7-17-32-29(24)18-30)16-15-20-12-13-22-21-9-6-5-8-19(21)11-14-23(22)26(20)27(28,2)3/h5-14,17-18H,4,15-16H2,1-3H3. The molecular weight excluding hydrogens is 398 g/mol. The van der Waals surface area contributed by atoms with E-state index < -0.39 is 10.8 Å². The normalized spacial score (nSPS) is 21.7. The predicted octanol–water partition coefficient (Wildman–Crippen LogP) is 5.98. The highest BCUT2D eigenvalue weighted by Gasteiger charge is 2.58. The van der Waals surface area contributed by atoms with Crippen LogP contribution in [0.4, 0.5) is 0 Å². The fourth-order valence-corrected chi connectivity index (χ4v) is 6.08. The number of aryl methyl sites for hydroxylation is 1. The van der Waals surface area contributed by atoms with Crippen molar-refractivity contribution in [3.8, 4) is 0 Å². The van der Waals surface area contributed by atoms with Crippen LogP contribution in [0.1, 0.15) is 44.7 Å². The molecule has 3 aromatic rings. The highest BCUT2D eigenvalue weighted by molar-refractivity contribution is 6.09. The van der Waals surface area contributed by atoms with Gasteiger partial charge < -0.3 is 4.84 Å². The topological polar surface area (TPSA) is 46.6 Å². The van der Waals surface area contributed by atoms with E-state index in [-0.39, 0.29) is 5.78 Å². The molecule has 1 heterocycles. The van der Waals surface area contributed by atoms with Gasteiger partial charge in [0.15, 0.2) is 0 Å². The molecule has 1 unspecified atom stereocenters. The number of allylic oxidation sites excluding steroid dienone is 3. The number of nitrogens with zero attached hydrogens (tertiary/aromatic N) is 1. The number of carbonyl (C=O) groups is 2. The summed E-state index contributed by atoms with van der Waals surface area (Å²) < 4.78 is 0. The largest absolute Gasteiger partial charge is 0.380 e. The van der Waals surface area contributed by atoms with Gasteiger partial charge in [0.05, 0.1) is 11.1 Å². The van der Waals surface area contributed by atoms with E-state index in [4.69, 9.17) is 4.84 Å². The molecule has 0 spiro atoms. The smallest absolute Gasteiger partial charge is 0.247 e. The molecule has 0 bridgehead atoms. The number of rotatable bonds is 4. The van der Waals surface area contributed by atoms with Crippen LogP contribution in [0.25, 0.3) is 21.5 Å². The fourth-order valence-electron chi connectivity index (χ4n) is 6.08. The van der Waals surface area contributed by atoms with Gasteiger partial charge in [0.25, 0.3) is 0 Å². The lowest BCUT2D eigenvalue weighted by Gasteiger charge is -2.52. The third kappa shape index (κ3) is 2.62. The highest BCUT2D eigenvalue weighted by atomic mass is 16.7. The maximum absolute atomic E-state index is 13.8. The molecule has 0 fully saturated rings. The molecule has 0 radical (unpaired) electrons. The molecule has 4 heteroatoms. The van der Waals surface area contributed by atoms with Crippen molar-refractivity contribution in [2.45, 2.75) is 45.4 Å². The molecule has 3 aromatic carbocycles. The first kappa shape index (κ1) is 20.5. The molecule has 5 rings (SSSR count). The minimum atomic E-state index is -0.875. The van der Waals surface area contributed by atoms with Crippen LogP contribution in [0.15, 0.2) is 72.6 Å². The van der Waals surface area contributed by atoms with E-state index in [0.717, 1.165) is 6.42 Å². The summed E-state index contributed by atoms with van der Waals surface area (Å²) >= 11 is 0. The quantitative estimate of drug-likeness (QED) is 0.381. The number of hydrogen-bond donors (Lipinski definition) is 0. The van der Waals surface area contributed by atoms with E-state index in [9.17, 15) is 9.59 Å². The monoisotopic (exact) mass is 425 g/mol. The van der Waals surface area contributed by atoms with Crippen LogP contribution in [0, 0.1) is 5.41 Å². The number of hydroxylamine groups is 2. The van der Waals surface area contributed by atoms with E-state index >= 15 is 0 Å². The molecule has 0 N–H and O–H groups in total. The Morgan fingerprint density at radius 1 is 1.06 bits per heavy atom. The van der Waals surface area contributed by atoms with E-state index in [1.807, 2.05) is 13.0 Å². The van der Waals surface area contributed by atoms with Gasteiger partial charge >= 0.3 is 0 Å². The number of fused-ring (bicyclic) bond motifs is 5. The van der Waals surface area contributed by atoms with E-state index in [2.05, 4.69) is 62.4 Å². The minimum absolute atomic E-state index is 0.128. The summed E-state index contributed by atoms with van der Waals surface area (Å²) in [5.74, 6) is 0.128. The second-order valence-electron chi connectivity index (χ2n) is 9.21. The van der Waals surface area contributed by atoms with E-state index in [1.165, 1.54) is 44.0 Å². The Labute approximate surface area is 188 Å². The van der Waals surface area contributed by atoms with Gasteiger partial charge in [-0.15, -0.1) is 5.06 Å². The van der Waals surface area contributed by atoms with Crippen molar-refractivity contribution in [2.24, 2.45) is 5.41 Å². The Bertz CT molecular complexity index is 1320. The van der Waals surface area contributed by atoms with Crippen molar-refractivity contribution in [3.63, 3.8) is 0 Å². The molecule has 0 aromatic heterocycles. The Hall–Kier alpha value is -3.40. The first-order chi connectivity index (χ1) is 15.5. The summed E-state index contributed by atoms with van der Waals surface area (Å²) in [7, 11) is 0. The van der Waals surface area contributed by atoms with Crippen molar-refractivity contribution in [1.82, 2.24) is 5.06 Å². The van der Waals surface area contributed by atoms with Crippen molar-refractivity contribution in [2.75, 3.05) is 0 Å². The second-order valence-corrected chi connectivity index (χ2v) is 9.21. The van der Waals surface area contributed by atoms with Crippen molar-refractivity contribution in [3.05, 3.63) is 83.8 Å². The molecular formula is C28H27NO3. The van der Waals surface area contributed by atoms with Crippen LogP contribution in [-0.2, 0) is 26.3 Å². The summed E-state index contributed by atoms with van der Waals surface area (Å²) in [6, 6.07) is 17.2. The second kappa shape index (κ2) is 7.33. The van der Waals surface area contributed by atoms with Crippen molar-refractivity contribution >= 4 is 33.7 Å². The molecule has 4 nitrogen and oxygen atoms in total. The summed E-state index contributed by atoms with van der Waals surface area (Å²) in [5, 5.41) is 5.99. The molecule has 2 aliphatic rings. The molecule has 0 saturated carbocycles. The van der Waals surface area contributed by atoms with Gasteiger partial charge in [-0.3, -0.25) is 9.59 Å². The van der Waals surface area contributed by atoms with Crippen molar-refractivity contribution < 1.29 is 14.4 Å². The molecule has 1 atom stereocenters. The Morgan fingerprint density at radius 2 is 1.84 bits per heavy atom. The molecule has 32 heavy (non-hydrogen) atoms. The van der Waals surface area contributed by atoms with E-state index in [0.29, 0.717) is 24.9 Å². The molecule has 1 aliphatic heterocycles. The number of benzene rings is 3. The Balaban J connectivity index is 1.84. The zero-order valence-electron chi connectivity index (χ0n) is 18.7. The minimum Gasteiger partial charge on any atom is -0.380 e. The SMILES string of the molecule is CCC(=O)C1(C2=CC=CON2C=O)CCc2ccc3c(ccc4ccccc43)c2C1(C)C. The maximum atomic E-state index is 13.8. The zero-order chi connectivity index (χ0) is 22.5. The Kier molecular flexibility index (Phi) is 4.70. The predicted molar refractivity (Wildman–Crippen MR) is 127 cm³/mol. The van der Waals surface area contributed by atoms with Crippen LogP contribution in [0.5, 0.6) is 0 Å². The summed E-state index contributed by atoms with van der Waals surface area (Å²) in [5.41, 5.74) is 1.64.